The monoisotopic (exact) mass is 286 g/mol. The Bertz CT molecular complexity index is 653. The SMILES string of the molecule is CC1CCCC(C)N1NC(=O)c1c[nH]c2ccc(N)cc12. The molecule has 2 aromatic rings. The normalized spacial score (nSPS) is 23.3. The Hall–Kier alpha value is -2.01. The summed E-state index contributed by atoms with van der Waals surface area (Å²) in [6.45, 7) is 4.31. The van der Waals surface area contributed by atoms with E-state index in [-0.39, 0.29) is 5.91 Å². The maximum absolute atomic E-state index is 12.6. The number of hydrogen-bond acceptors (Lipinski definition) is 3. The van der Waals surface area contributed by atoms with Gasteiger partial charge in [-0.25, -0.2) is 5.01 Å². The van der Waals surface area contributed by atoms with Gasteiger partial charge in [0.05, 0.1) is 5.56 Å². The number of nitrogens with two attached hydrogens (primary N) is 1. The van der Waals surface area contributed by atoms with Crippen LogP contribution in [0.3, 0.4) is 0 Å². The van der Waals surface area contributed by atoms with Gasteiger partial charge < -0.3 is 10.7 Å². The molecule has 1 amide bonds. The molecule has 21 heavy (non-hydrogen) atoms. The summed E-state index contributed by atoms with van der Waals surface area (Å²) in [6, 6.07) is 6.30. The molecule has 1 aliphatic heterocycles. The number of hydrogen-bond donors (Lipinski definition) is 3. The highest BCUT2D eigenvalue weighted by Gasteiger charge is 2.27. The van der Waals surface area contributed by atoms with E-state index in [1.807, 2.05) is 18.2 Å². The van der Waals surface area contributed by atoms with Gasteiger partial charge in [-0.15, -0.1) is 0 Å². The predicted molar refractivity (Wildman–Crippen MR) is 84.8 cm³/mol. The van der Waals surface area contributed by atoms with Crippen molar-refractivity contribution in [2.24, 2.45) is 0 Å². The summed E-state index contributed by atoms with van der Waals surface area (Å²) in [5.74, 6) is -0.0764. The summed E-state index contributed by atoms with van der Waals surface area (Å²) in [4.78, 5) is 15.7. The molecule has 0 aliphatic carbocycles. The van der Waals surface area contributed by atoms with Crippen molar-refractivity contribution in [1.29, 1.82) is 0 Å². The number of rotatable bonds is 2. The van der Waals surface area contributed by atoms with Gasteiger partial charge in [-0.3, -0.25) is 10.2 Å². The molecule has 4 N–H and O–H groups in total. The van der Waals surface area contributed by atoms with Gasteiger partial charge in [-0.1, -0.05) is 6.42 Å². The number of nitrogens with zero attached hydrogens (tertiary/aromatic N) is 1. The summed E-state index contributed by atoms with van der Waals surface area (Å²) < 4.78 is 0. The second-order valence-corrected chi connectivity index (χ2v) is 5.98. The molecule has 112 valence electrons. The summed E-state index contributed by atoms with van der Waals surface area (Å²) in [7, 11) is 0. The zero-order chi connectivity index (χ0) is 15.0. The number of benzene rings is 1. The summed E-state index contributed by atoms with van der Waals surface area (Å²) in [5, 5.41) is 2.95. The van der Waals surface area contributed by atoms with Crippen molar-refractivity contribution in [3.63, 3.8) is 0 Å². The maximum Gasteiger partial charge on any atom is 0.267 e. The molecule has 2 atom stereocenters. The van der Waals surface area contributed by atoms with Crippen molar-refractivity contribution in [2.45, 2.75) is 45.2 Å². The first-order chi connectivity index (χ1) is 10.1. The number of carbonyl (C=O) groups is 1. The first kappa shape index (κ1) is 13.9. The Labute approximate surface area is 124 Å². The van der Waals surface area contributed by atoms with Crippen LogP contribution in [0.4, 0.5) is 5.69 Å². The lowest BCUT2D eigenvalue weighted by Crippen LogP contribution is -2.54. The molecular weight excluding hydrogens is 264 g/mol. The first-order valence-corrected chi connectivity index (χ1v) is 7.52. The van der Waals surface area contributed by atoms with Crippen LogP contribution in [0.2, 0.25) is 0 Å². The highest BCUT2D eigenvalue weighted by molar-refractivity contribution is 6.07. The lowest BCUT2D eigenvalue weighted by molar-refractivity contribution is 0.0371. The van der Waals surface area contributed by atoms with E-state index in [1.54, 1.807) is 6.20 Å². The minimum Gasteiger partial charge on any atom is -0.399 e. The standard InChI is InChI=1S/C16H22N4O/c1-10-4-3-5-11(2)20(10)19-16(21)14-9-18-15-7-6-12(17)8-13(14)15/h6-11,18H,3-5,17H2,1-2H3,(H,19,21). The molecule has 5 heteroatoms. The van der Waals surface area contributed by atoms with Gasteiger partial charge in [0.15, 0.2) is 0 Å². The fraction of sp³-hybridized carbons (Fsp3) is 0.438. The van der Waals surface area contributed by atoms with Crippen LogP contribution in [-0.4, -0.2) is 28.0 Å². The number of nitrogens with one attached hydrogen (secondary N) is 2. The number of piperidine rings is 1. The molecular formula is C16H22N4O. The second-order valence-electron chi connectivity index (χ2n) is 5.98. The van der Waals surface area contributed by atoms with E-state index in [2.05, 4.69) is 29.3 Å². The van der Waals surface area contributed by atoms with Crippen molar-refractivity contribution < 1.29 is 4.79 Å². The van der Waals surface area contributed by atoms with Gasteiger partial charge in [0.2, 0.25) is 0 Å². The van der Waals surface area contributed by atoms with E-state index in [0.717, 1.165) is 23.7 Å². The quantitative estimate of drug-likeness (QED) is 0.743. The molecule has 3 rings (SSSR count). The number of anilines is 1. The topological polar surface area (TPSA) is 74.2 Å². The number of nitrogen functional groups attached to an aromatic ring is 1. The Morgan fingerprint density at radius 2 is 2.05 bits per heavy atom. The molecule has 1 aromatic heterocycles. The van der Waals surface area contributed by atoms with Crippen molar-refractivity contribution in [3.05, 3.63) is 30.0 Å². The van der Waals surface area contributed by atoms with E-state index >= 15 is 0 Å². The molecule has 5 nitrogen and oxygen atoms in total. The average molecular weight is 286 g/mol. The lowest BCUT2D eigenvalue weighted by Gasteiger charge is -2.38. The smallest absolute Gasteiger partial charge is 0.267 e. The number of hydrazine groups is 1. The fourth-order valence-corrected chi connectivity index (χ4v) is 3.15. The third kappa shape index (κ3) is 2.61. The number of aromatic amines is 1. The van der Waals surface area contributed by atoms with Crippen LogP contribution in [0.5, 0.6) is 0 Å². The van der Waals surface area contributed by atoms with Gasteiger partial charge in [-0.2, -0.15) is 0 Å². The second kappa shape index (κ2) is 5.41. The largest absolute Gasteiger partial charge is 0.399 e. The Morgan fingerprint density at radius 3 is 2.76 bits per heavy atom. The van der Waals surface area contributed by atoms with Gasteiger partial charge >= 0.3 is 0 Å². The highest BCUT2D eigenvalue weighted by atomic mass is 16.2. The molecule has 2 unspecified atom stereocenters. The number of amides is 1. The van der Waals surface area contributed by atoms with Gasteiger partial charge in [-0.05, 0) is 44.9 Å². The number of H-pyrrole nitrogens is 1. The summed E-state index contributed by atoms with van der Waals surface area (Å²) in [6.07, 6.45) is 5.20. The highest BCUT2D eigenvalue weighted by Crippen LogP contribution is 2.23. The predicted octanol–water partition coefficient (Wildman–Crippen LogP) is 2.66. The zero-order valence-corrected chi connectivity index (χ0v) is 12.5. The minimum atomic E-state index is -0.0764. The third-order valence-corrected chi connectivity index (χ3v) is 4.37. The van der Waals surface area contributed by atoms with Crippen LogP contribution in [0, 0.1) is 0 Å². The molecule has 2 heterocycles. The third-order valence-electron chi connectivity index (χ3n) is 4.37. The van der Waals surface area contributed by atoms with Crippen molar-refractivity contribution in [2.75, 3.05) is 5.73 Å². The van der Waals surface area contributed by atoms with Crippen LogP contribution in [0.1, 0.15) is 43.5 Å². The van der Waals surface area contributed by atoms with Gasteiger partial charge in [0.1, 0.15) is 0 Å². The van der Waals surface area contributed by atoms with Crippen LogP contribution in [0.15, 0.2) is 24.4 Å². The zero-order valence-electron chi connectivity index (χ0n) is 12.5. The minimum absolute atomic E-state index is 0.0764. The van der Waals surface area contributed by atoms with E-state index in [4.69, 9.17) is 5.73 Å². The molecule has 0 spiro atoms. The lowest BCUT2D eigenvalue weighted by atomic mass is 10.00. The van der Waals surface area contributed by atoms with E-state index in [9.17, 15) is 4.79 Å². The van der Waals surface area contributed by atoms with Crippen molar-refractivity contribution >= 4 is 22.5 Å². The Balaban J connectivity index is 1.85. The summed E-state index contributed by atoms with van der Waals surface area (Å²) >= 11 is 0. The Morgan fingerprint density at radius 1 is 1.33 bits per heavy atom. The molecule has 0 bridgehead atoms. The van der Waals surface area contributed by atoms with Crippen LogP contribution >= 0.6 is 0 Å². The molecule has 1 aliphatic rings. The van der Waals surface area contributed by atoms with Crippen LogP contribution < -0.4 is 11.2 Å². The Kier molecular flexibility index (Phi) is 3.59. The number of aromatic nitrogens is 1. The fourth-order valence-electron chi connectivity index (χ4n) is 3.15. The van der Waals surface area contributed by atoms with Crippen LogP contribution in [0.25, 0.3) is 10.9 Å². The maximum atomic E-state index is 12.6. The van der Waals surface area contributed by atoms with Crippen LogP contribution in [-0.2, 0) is 0 Å². The van der Waals surface area contributed by atoms with Gasteiger partial charge in [0, 0.05) is 34.9 Å². The van der Waals surface area contributed by atoms with E-state index in [0.29, 0.717) is 23.3 Å². The molecule has 0 saturated carbocycles. The van der Waals surface area contributed by atoms with E-state index < -0.39 is 0 Å². The summed E-state index contributed by atoms with van der Waals surface area (Å²) in [5.41, 5.74) is 11.1. The van der Waals surface area contributed by atoms with Crippen molar-refractivity contribution in [1.82, 2.24) is 15.4 Å². The first-order valence-electron chi connectivity index (χ1n) is 7.52. The van der Waals surface area contributed by atoms with Gasteiger partial charge in [0.25, 0.3) is 5.91 Å². The number of carbonyl (C=O) groups excluding carboxylic acids is 1. The van der Waals surface area contributed by atoms with E-state index in [1.165, 1.54) is 6.42 Å². The average Bonchev–Trinajstić information content (AvgIpc) is 2.86. The number of fused-ring (bicyclic) bond motifs is 1. The molecule has 1 fully saturated rings. The molecule has 0 radical (unpaired) electrons. The molecule has 1 saturated heterocycles. The molecule has 1 aromatic carbocycles. The van der Waals surface area contributed by atoms with Crippen molar-refractivity contribution in [3.8, 4) is 0 Å².